The summed E-state index contributed by atoms with van der Waals surface area (Å²) in [7, 11) is -16.4. The van der Waals surface area contributed by atoms with Gasteiger partial charge < -0.3 is 56.0 Å². The number of nitrogens with one attached hydrogen (secondary N) is 2. The zero-order valence-electron chi connectivity index (χ0n) is 32.8. The molecule has 1 aliphatic heterocycles. The third kappa shape index (κ3) is 17.3. The van der Waals surface area contributed by atoms with Gasteiger partial charge in [0, 0.05) is 30.7 Å². The second-order valence-corrected chi connectivity index (χ2v) is 19.8. The summed E-state index contributed by atoms with van der Waals surface area (Å²) in [5.41, 5.74) is 4.31. The highest BCUT2D eigenvalue weighted by atomic mass is 32.2. The van der Waals surface area contributed by atoms with Crippen molar-refractivity contribution in [3.05, 3.63) is 12.7 Å². The van der Waals surface area contributed by atoms with E-state index in [1.807, 2.05) is 6.92 Å². The van der Waals surface area contributed by atoms with Crippen LogP contribution in [0.2, 0.25) is 0 Å². The molecule has 59 heavy (non-hydrogen) atoms. The van der Waals surface area contributed by atoms with Gasteiger partial charge in [-0.05, 0) is 25.0 Å². The molecule has 28 heteroatoms. The molecule has 24 nitrogen and oxygen atoms in total. The normalized spacial score (nSPS) is 21.8. The number of fused-ring (bicyclic) bond motifs is 1. The molecule has 338 valence electrons. The molecular weight excluding hydrogens is 867 g/mol. The number of amides is 2. The Bertz CT molecular complexity index is 1810. The van der Waals surface area contributed by atoms with Crippen molar-refractivity contribution in [1.82, 2.24) is 30.2 Å². The van der Waals surface area contributed by atoms with E-state index in [4.69, 9.17) is 19.5 Å². The van der Waals surface area contributed by atoms with Crippen LogP contribution < -0.4 is 16.4 Å². The summed E-state index contributed by atoms with van der Waals surface area (Å²) in [4.78, 5) is 75.8. The maximum absolute atomic E-state index is 12.7. The molecule has 0 bridgehead atoms. The van der Waals surface area contributed by atoms with E-state index in [1.54, 1.807) is 11.8 Å². The summed E-state index contributed by atoms with van der Waals surface area (Å²) in [6, 6.07) is 0. The van der Waals surface area contributed by atoms with Crippen molar-refractivity contribution in [1.29, 1.82) is 0 Å². The fraction of sp³-hybridized carbons (Fsp3) is 0.774. The van der Waals surface area contributed by atoms with Crippen LogP contribution in [0.25, 0.3) is 11.2 Å². The van der Waals surface area contributed by atoms with Crippen molar-refractivity contribution in [3.8, 4) is 0 Å². The first-order valence-corrected chi connectivity index (χ1v) is 24.4. The number of nitrogens with zero attached hydrogens (tertiary/aromatic N) is 4. The van der Waals surface area contributed by atoms with Crippen molar-refractivity contribution in [2.45, 2.75) is 109 Å². The van der Waals surface area contributed by atoms with Gasteiger partial charge >= 0.3 is 23.5 Å². The van der Waals surface area contributed by atoms with Crippen molar-refractivity contribution < 1.29 is 80.8 Å². The van der Waals surface area contributed by atoms with Gasteiger partial charge in [-0.1, -0.05) is 46.5 Å². The van der Waals surface area contributed by atoms with Gasteiger partial charge in [-0.2, -0.15) is 16.1 Å². The lowest BCUT2D eigenvalue weighted by molar-refractivity contribution is -0.137. The molecule has 0 spiro atoms. The lowest BCUT2D eigenvalue weighted by atomic mass is 9.87. The number of thioether (sulfide) groups is 1. The summed E-state index contributed by atoms with van der Waals surface area (Å²) in [6.07, 6.45) is 0.0998. The molecule has 3 rings (SSSR count). The lowest BCUT2D eigenvalue weighted by Gasteiger charge is -2.30. The Morgan fingerprint density at radius 3 is 2.36 bits per heavy atom. The fourth-order valence-corrected chi connectivity index (χ4v) is 9.31. The zero-order valence-corrected chi connectivity index (χ0v) is 36.3. The van der Waals surface area contributed by atoms with Crippen LogP contribution in [-0.4, -0.2) is 135 Å². The number of aliphatic hydroxyl groups is 3. The van der Waals surface area contributed by atoms with Crippen LogP contribution in [0.15, 0.2) is 12.7 Å². The van der Waals surface area contributed by atoms with Gasteiger partial charge in [-0.25, -0.2) is 28.6 Å². The number of phosphoric ester groups is 3. The Morgan fingerprint density at radius 1 is 0.983 bits per heavy atom. The number of hydrogen-bond donors (Lipinski definition) is 10. The number of ether oxygens (including phenoxy) is 1. The quantitative estimate of drug-likeness (QED) is 0.0424. The fourth-order valence-electron chi connectivity index (χ4n) is 5.62. The Hall–Kier alpha value is -2.15. The highest BCUT2D eigenvalue weighted by molar-refractivity contribution is 7.99. The predicted molar refractivity (Wildman–Crippen MR) is 211 cm³/mol. The SMILES string of the molecule is CCC(O)CCCCCCCSCCNC(=O)CCNC(=O)C(O)C(C)(C)COP(=O)(O)OP(=O)(O)OC[C@H]1O[C@@H](n2cnc3c(N)ncnc32)[C@H](O)[C@@H]1OP(=O)(O)O. The van der Waals surface area contributed by atoms with Crippen LogP contribution in [0.1, 0.15) is 78.4 Å². The molecule has 2 aromatic heterocycles. The van der Waals surface area contributed by atoms with Crippen molar-refractivity contribution in [2.24, 2.45) is 5.41 Å². The van der Waals surface area contributed by atoms with Gasteiger partial charge in [0.1, 0.15) is 36.3 Å². The average molecular weight is 924 g/mol. The molecule has 8 atom stereocenters. The largest absolute Gasteiger partial charge is 0.481 e. The molecule has 1 aliphatic rings. The Morgan fingerprint density at radius 2 is 1.66 bits per heavy atom. The zero-order chi connectivity index (χ0) is 44.0. The molecule has 1 fully saturated rings. The third-order valence-corrected chi connectivity index (χ3v) is 13.1. The molecular formula is C31H56N7O17P3S. The van der Waals surface area contributed by atoms with Crippen molar-refractivity contribution in [2.75, 3.05) is 43.5 Å². The molecule has 2 aromatic rings. The smallest absolute Gasteiger partial charge is 0.393 e. The Kier molecular flexibility index (Phi) is 20.3. The first-order valence-electron chi connectivity index (χ1n) is 18.7. The Labute approximate surface area is 344 Å². The third-order valence-electron chi connectivity index (χ3n) is 8.94. The van der Waals surface area contributed by atoms with E-state index in [0.29, 0.717) is 6.54 Å². The highest BCUT2D eigenvalue weighted by Crippen LogP contribution is 2.61. The maximum atomic E-state index is 12.7. The minimum atomic E-state index is -5.56. The van der Waals surface area contributed by atoms with Gasteiger partial charge in [0.05, 0.1) is 25.6 Å². The van der Waals surface area contributed by atoms with Crippen LogP contribution in [0.5, 0.6) is 0 Å². The second kappa shape index (κ2) is 23.3. The lowest BCUT2D eigenvalue weighted by Crippen LogP contribution is -2.46. The standard InChI is InChI=1S/C31H56N7O17P3S/c1-4-20(39)10-8-6-5-7-9-14-59-15-13-33-22(40)11-12-34-29(43)26(42)31(2,3)17-52-58(49,50)55-57(47,48)51-16-21-25(54-56(44,45)46)24(41)30(53-21)38-19-37-23-27(32)35-18-36-28(23)38/h18-21,24-26,30,39,41-42H,4-17H2,1-3H3,(H,33,40)(H,34,43)(H,47,48)(H,49,50)(H2,32,35,36)(H2,44,45,46)/t20?,21-,24-,25-,26?,30-/m1/s1. The summed E-state index contributed by atoms with van der Waals surface area (Å²) in [6.45, 7) is 2.86. The van der Waals surface area contributed by atoms with Crippen LogP contribution >= 0.6 is 35.2 Å². The number of anilines is 1. The number of imidazole rings is 1. The number of carbonyl (C=O) groups excluding carboxylic acids is 2. The average Bonchev–Trinajstić information content (AvgIpc) is 3.71. The number of hydrogen-bond acceptors (Lipinski definition) is 18. The topological polar surface area (TPSA) is 367 Å². The van der Waals surface area contributed by atoms with Crippen LogP contribution in [0.3, 0.4) is 0 Å². The van der Waals surface area contributed by atoms with E-state index in [-0.39, 0.29) is 42.0 Å². The van der Waals surface area contributed by atoms with Gasteiger partial charge in [-0.15, -0.1) is 0 Å². The van der Waals surface area contributed by atoms with E-state index in [2.05, 4.69) is 34.4 Å². The summed E-state index contributed by atoms with van der Waals surface area (Å²) < 4.78 is 62.3. The monoisotopic (exact) mass is 923 g/mol. The summed E-state index contributed by atoms with van der Waals surface area (Å²) >= 11 is 1.72. The highest BCUT2D eigenvalue weighted by Gasteiger charge is 2.50. The van der Waals surface area contributed by atoms with E-state index in [9.17, 15) is 58.2 Å². The van der Waals surface area contributed by atoms with Gasteiger partial charge in [0.2, 0.25) is 11.8 Å². The maximum Gasteiger partial charge on any atom is 0.481 e. The van der Waals surface area contributed by atoms with Crippen LogP contribution in [0.4, 0.5) is 5.82 Å². The second-order valence-electron chi connectivity index (χ2n) is 14.3. The van der Waals surface area contributed by atoms with Gasteiger partial charge in [-0.3, -0.25) is 27.7 Å². The number of unbranched alkanes of at least 4 members (excludes halogenated alkanes) is 4. The molecule has 1 saturated heterocycles. The number of rotatable bonds is 28. The summed E-state index contributed by atoms with van der Waals surface area (Å²) in [5.74, 6) is 0.395. The van der Waals surface area contributed by atoms with E-state index >= 15 is 0 Å². The molecule has 2 amide bonds. The predicted octanol–water partition coefficient (Wildman–Crippen LogP) is 1.25. The minimum absolute atomic E-state index is 0.0362. The van der Waals surface area contributed by atoms with E-state index in [1.165, 1.54) is 13.8 Å². The first kappa shape index (κ1) is 51.2. The van der Waals surface area contributed by atoms with E-state index in [0.717, 1.165) is 73.7 Å². The number of phosphoric acid groups is 3. The minimum Gasteiger partial charge on any atom is -0.393 e. The molecule has 0 aliphatic carbocycles. The molecule has 0 saturated carbocycles. The number of nitrogens with two attached hydrogens (primary N) is 1. The van der Waals surface area contributed by atoms with Crippen LogP contribution in [0, 0.1) is 5.41 Å². The van der Waals surface area contributed by atoms with E-state index < -0.39 is 78.6 Å². The number of nitrogen functional groups attached to an aromatic ring is 1. The number of carbonyl (C=O) groups is 2. The molecule has 0 aromatic carbocycles. The van der Waals surface area contributed by atoms with Crippen molar-refractivity contribution >= 4 is 64.0 Å². The molecule has 11 N–H and O–H groups in total. The molecule has 4 unspecified atom stereocenters. The number of aromatic nitrogens is 4. The molecule has 3 heterocycles. The molecule has 0 radical (unpaired) electrons. The van der Waals surface area contributed by atoms with Gasteiger partial charge in [0.25, 0.3) is 0 Å². The van der Waals surface area contributed by atoms with Crippen molar-refractivity contribution in [3.63, 3.8) is 0 Å². The van der Waals surface area contributed by atoms with Gasteiger partial charge in [0.15, 0.2) is 17.7 Å². The summed E-state index contributed by atoms with van der Waals surface area (Å²) in [5, 5.41) is 36.2. The first-order chi connectivity index (χ1) is 27.6. The Balaban J connectivity index is 1.40. The van der Waals surface area contributed by atoms with Crippen LogP contribution in [-0.2, 0) is 45.9 Å². The number of aliphatic hydroxyl groups excluding tert-OH is 3.